The molecule has 0 aliphatic carbocycles. The normalized spacial score (nSPS) is 10.5. The lowest BCUT2D eigenvalue weighted by molar-refractivity contribution is 0.298. The van der Waals surface area contributed by atoms with Crippen molar-refractivity contribution in [2.45, 2.75) is 19.9 Å². The number of para-hydroxylation sites is 1. The number of nitrogens with two attached hydrogens (primary N) is 1. The quantitative estimate of drug-likeness (QED) is 0.866. The fourth-order valence-electron chi connectivity index (χ4n) is 1.93. The van der Waals surface area contributed by atoms with Gasteiger partial charge < -0.3 is 15.6 Å². The lowest BCUT2D eigenvalue weighted by Crippen LogP contribution is -1.99. The molecule has 100 valence electrons. The Morgan fingerprint density at radius 2 is 1.89 bits per heavy atom. The Kier molecular flexibility index (Phi) is 4.55. The molecule has 2 aromatic carbocycles. The SMILES string of the molecule is Cc1ccc(CN)cc1Oc1ccccc1CCO. The van der Waals surface area contributed by atoms with Crippen molar-refractivity contribution in [3.63, 3.8) is 0 Å². The number of aliphatic hydroxyl groups excluding tert-OH is 1. The van der Waals surface area contributed by atoms with E-state index in [0.717, 1.165) is 28.2 Å². The molecule has 0 unspecified atom stereocenters. The summed E-state index contributed by atoms with van der Waals surface area (Å²) in [6, 6.07) is 13.7. The van der Waals surface area contributed by atoms with Gasteiger partial charge in [-0.1, -0.05) is 30.3 Å². The summed E-state index contributed by atoms with van der Waals surface area (Å²) in [5, 5.41) is 9.07. The van der Waals surface area contributed by atoms with Gasteiger partial charge in [-0.15, -0.1) is 0 Å². The summed E-state index contributed by atoms with van der Waals surface area (Å²) >= 11 is 0. The van der Waals surface area contributed by atoms with Crippen molar-refractivity contribution in [1.82, 2.24) is 0 Å². The third kappa shape index (κ3) is 3.34. The van der Waals surface area contributed by atoms with Crippen LogP contribution in [0.25, 0.3) is 0 Å². The third-order valence-electron chi connectivity index (χ3n) is 3.06. The van der Waals surface area contributed by atoms with Crippen molar-refractivity contribution < 1.29 is 9.84 Å². The van der Waals surface area contributed by atoms with Gasteiger partial charge >= 0.3 is 0 Å². The summed E-state index contributed by atoms with van der Waals surface area (Å²) in [5.41, 5.74) is 8.76. The topological polar surface area (TPSA) is 55.5 Å². The number of hydrogen-bond donors (Lipinski definition) is 2. The van der Waals surface area contributed by atoms with Crippen molar-refractivity contribution >= 4 is 0 Å². The molecule has 0 saturated heterocycles. The highest BCUT2D eigenvalue weighted by molar-refractivity contribution is 5.42. The smallest absolute Gasteiger partial charge is 0.130 e. The van der Waals surface area contributed by atoms with Crippen LogP contribution in [-0.2, 0) is 13.0 Å². The van der Waals surface area contributed by atoms with Gasteiger partial charge in [0.15, 0.2) is 0 Å². The highest BCUT2D eigenvalue weighted by Crippen LogP contribution is 2.28. The van der Waals surface area contributed by atoms with Gasteiger partial charge in [-0.25, -0.2) is 0 Å². The number of benzene rings is 2. The minimum atomic E-state index is 0.113. The molecule has 0 heterocycles. The Balaban J connectivity index is 2.30. The van der Waals surface area contributed by atoms with Gasteiger partial charge in [0, 0.05) is 13.2 Å². The first kappa shape index (κ1) is 13.6. The molecular weight excluding hydrogens is 238 g/mol. The van der Waals surface area contributed by atoms with Gasteiger partial charge in [0.05, 0.1) is 0 Å². The summed E-state index contributed by atoms with van der Waals surface area (Å²) in [6.07, 6.45) is 0.589. The molecule has 3 N–H and O–H groups in total. The van der Waals surface area contributed by atoms with Crippen LogP contribution in [0.4, 0.5) is 0 Å². The van der Waals surface area contributed by atoms with E-state index in [2.05, 4.69) is 0 Å². The maximum absolute atomic E-state index is 9.07. The number of aryl methyl sites for hydroxylation is 1. The van der Waals surface area contributed by atoms with Crippen LogP contribution in [0.2, 0.25) is 0 Å². The molecule has 0 fully saturated rings. The first-order valence-electron chi connectivity index (χ1n) is 6.41. The van der Waals surface area contributed by atoms with Crippen molar-refractivity contribution in [3.8, 4) is 11.5 Å². The van der Waals surface area contributed by atoms with Crippen LogP contribution in [-0.4, -0.2) is 11.7 Å². The van der Waals surface area contributed by atoms with E-state index in [0.29, 0.717) is 13.0 Å². The molecule has 0 spiro atoms. The zero-order valence-electron chi connectivity index (χ0n) is 11.1. The summed E-state index contributed by atoms with van der Waals surface area (Å²) in [4.78, 5) is 0. The Morgan fingerprint density at radius 3 is 2.63 bits per heavy atom. The molecular formula is C16H19NO2. The predicted octanol–water partition coefficient (Wildman–Crippen LogP) is 2.78. The number of rotatable bonds is 5. The molecule has 0 bridgehead atoms. The molecule has 0 radical (unpaired) electrons. The highest BCUT2D eigenvalue weighted by atomic mass is 16.5. The molecule has 2 rings (SSSR count). The molecule has 0 saturated carbocycles. The van der Waals surface area contributed by atoms with Crippen molar-refractivity contribution in [2.24, 2.45) is 5.73 Å². The molecule has 2 aromatic rings. The number of aliphatic hydroxyl groups is 1. The van der Waals surface area contributed by atoms with E-state index in [9.17, 15) is 0 Å². The summed E-state index contributed by atoms with van der Waals surface area (Å²) in [6.45, 7) is 2.61. The van der Waals surface area contributed by atoms with E-state index >= 15 is 0 Å². The van der Waals surface area contributed by atoms with Gasteiger partial charge in [-0.3, -0.25) is 0 Å². The number of hydrogen-bond acceptors (Lipinski definition) is 3. The van der Waals surface area contributed by atoms with E-state index < -0.39 is 0 Å². The Hall–Kier alpha value is -1.84. The summed E-state index contributed by atoms with van der Waals surface area (Å²) in [5.74, 6) is 1.60. The fraction of sp³-hybridized carbons (Fsp3) is 0.250. The van der Waals surface area contributed by atoms with Gasteiger partial charge in [0.25, 0.3) is 0 Å². The van der Waals surface area contributed by atoms with Crippen LogP contribution in [0.5, 0.6) is 11.5 Å². The third-order valence-corrected chi connectivity index (χ3v) is 3.06. The van der Waals surface area contributed by atoms with Crippen LogP contribution in [0.15, 0.2) is 42.5 Å². The van der Waals surface area contributed by atoms with Crippen molar-refractivity contribution in [3.05, 3.63) is 59.2 Å². The molecule has 3 nitrogen and oxygen atoms in total. The Morgan fingerprint density at radius 1 is 1.11 bits per heavy atom. The molecule has 0 aliphatic heterocycles. The summed E-state index contributed by atoms with van der Waals surface area (Å²) < 4.78 is 5.97. The van der Waals surface area contributed by atoms with Crippen LogP contribution < -0.4 is 10.5 Å². The number of ether oxygens (including phenoxy) is 1. The largest absolute Gasteiger partial charge is 0.457 e. The lowest BCUT2D eigenvalue weighted by Gasteiger charge is -2.13. The Labute approximate surface area is 113 Å². The second kappa shape index (κ2) is 6.36. The minimum Gasteiger partial charge on any atom is -0.457 e. The molecule has 0 atom stereocenters. The van der Waals surface area contributed by atoms with E-state index in [4.69, 9.17) is 15.6 Å². The zero-order valence-corrected chi connectivity index (χ0v) is 11.1. The molecule has 0 amide bonds. The first-order chi connectivity index (χ1) is 9.24. The maximum Gasteiger partial charge on any atom is 0.130 e. The molecule has 0 aliphatic rings. The molecule has 3 heteroatoms. The van der Waals surface area contributed by atoms with Gasteiger partial charge in [-0.2, -0.15) is 0 Å². The molecule has 19 heavy (non-hydrogen) atoms. The van der Waals surface area contributed by atoms with Crippen LogP contribution in [0.3, 0.4) is 0 Å². The lowest BCUT2D eigenvalue weighted by atomic mass is 10.1. The zero-order chi connectivity index (χ0) is 13.7. The minimum absolute atomic E-state index is 0.113. The van der Waals surface area contributed by atoms with Crippen LogP contribution >= 0.6 is 0 Å². The van der Waals surface area contributed by atoms with Crippen LogP contribution in [0.1, 0.15) is 16.7 Å². The monoisotopic (exact) mass is 257 g/mol. The second-order valence-electron chi connectivity index (χ2n) is 4.49. The average Bonchev–Trinajstić information content (AvgIpc) is 2.43. The van der Waals surface area contributed by atoms with E-state index in [1.54, 1.807) is 0 Å². The first-order valence-corrected chi connectivity index (χ1v) is 6.41. The van der Waals surface area contributed by atoms with Crippen molar-refractivity contribution in [2.75, 3.05) is 6.61 Å². The summed E-state index contributed by atoms with van der Waals surface area (Å²) in [7, 11) is 0. The fourth-order valence-corrected chi connectivity index (χ4v) is 1.93. The standard InChI is InChI=1S/C16H19NO2/c1-12-6-7-13(11-17)10-16(12)19-15-5-3-2-4-14(15)8-9-18/h2-7,10,18H,8-9,11,17H2,1H3. The second-order valence-corrected chi connectivity index (χ2v) is 4.49. The highest BCUT2D eigenvalue weighted by Gasteiger charge is 2.06. The van der Waals surface area contributed by atoms with E-state index in [1.807, 2.05) is 49.4 Å². The van der Waals surface area contributed by atoms with Gasteiger partial charge in [0.1, 0.15) is 11.5 Å². The van der Waals surface area contributed by atoms with E-state index in [1.165, 1.54) is 0 Å². The molecule has 0 aromatic heterocycles. The predicted molar refractivity (Wildman–Crippen MR) is 76.4 cm³/mol. The van der Waals surface area contributed by atoms with Crippen molar-refractivity contribution in [1.29, 1.82) is 0 Å². The van der Waals surface area contributed by atoms with Crippen LogP contribution in [0, 0.1) is 6.92 Å². The maximum atomic E-state index is 9.07. The average molecular weight is 257 g/mol. The van der Waals surface area contributed by atoms with E-state index in [-0.39, 0.29) is 6.61 Å². The Bertz CT molecular complexity index is 552. The van der Waals surface area contributed by atoms with Gasteiger partial charge in [-0.05, 0) is 42.2 Å². The van der Waals surface area contributed by atoms with Gasteiger partial charge in [0.2, 0.25) is 0 Å².